The van der Waals surface area contributed by atoms with Crippen LogP contribution < -0.4 is 10.2 Å². The van der Waals surface area contributed by atoms with Gasteiger partial charge in [-0.25, -0.2) is 0 Å². The summed E-state index contributed by atoms with van der Waals surface area (Å²) in [6, 6.07) is 10.4. The number of piperidine rings is 1. The lowest BCUT2D eigenvalue weighted by Crippen LogP contribution is -2.51. The molecular formula is C15H22N2O. The van der Waals surface area contributed by atoms with Crippen molar-refractivity contribution in [2.45, 2.75) is 32.7 Å². The summed E-state index contributed by atoms with van der Waals surface area (Å²) in [6.07, 6.45) is 1.59. The molecule has 3 heteroatoms. The molecule has 1 fully saturated rings. The Labute approximate surface area is 109 Å². The van der Waals surface area contributed by atoms with Crippen molar-refractivity contribution in [1.82, 2.24) is 5.32 Å². The van der Waals surface area contributed by atoms with E-state index in [1.165, 1.54) is 0 Å². The molecule has 0 saturated carbocycles. The molecule has 98 valence electrons. The molecule has 18 heavy (non-hydrogen) atoms. The van der Waals surface area contributed by atoms with Gasteiger partial charge in [0.05, 0.1) is 0 Å². The minimum Gasteiger partial charge on any atom is -0.316 e. The number of anilines is 1. The van der Waals surface area contributed by atoms with Crippen molar-refractivity contribution in [1.29, 1.82) is 0 Å². The van der Waals surface area contributed by atoms with Gasteiger partial charge in [0, 0.05) is 18.2 Å². The summed E-state index contributed by atoms with van der Waals surface area (Å²) in [7, 11) is 0. The van der Waals surface area contributed by atoms with E-state index in [0.29, 0.717) is 18.4 Å². The van der Waals surface area contributed by atoms with Gasteiger partial charge in [0.2, 0.25) is 5.91 Å². The fourth-order valence-corrected chi connectivity index (χ4v) is 2.66. The molecule has 0 unspecified atom stereocenters. The molecule has 1 heterocycles. The van der Waals surface area contributed by atoms with E-state index in [4.69, 9.17) is 0 Å². The number of amides is 1. The van der Waals surface area contributed by atoms with Crippen LogP contribution in [0.4, 0.5) is 5.69 Å². The van der Waals surface area contributed by atoms with E-state index in [0.717, 1.165) is 25.2 Å². The topological polar surface area (TPSA) is 32.3 Å². The summed E-state index contributed by atoms with van der Waals surface area (Å²) in [4.78, 5) is 14.3. The average Bonchev–Trinajstić information content (AvgIpc) is 2.42. The number of nitrogens with zero attached hydrogens (tertiary/aromatic N) is 1. The van der Waals surface area contributed by atoms with Gasteiger partial charge in [-0.3, -0.25) is 4.79 Å². The van der Waals surface area contributed by atoms with Gasteiger partial charge >= 0.3 is 0 Å². The molecule has 0 radical (unpaired) electrons. The molecule has 1 aromatic rings. The third-order valence-electron chi connectivity index (χ3n) is 3.68. The van der Waals surface area contributed by atoms with Gasteiger partial charge in [-0.2, -0.15) is 0 Å². The van der Waals surface area contributed by atoms with E-state index in [1.807, 2.05) is 42.2 Å². The van der Waals surface area contributed by atoms with Crippen molar-refractivity contribution in [2.24, 2.45) is 5.92 Å². The fraction of sp³-hybridized carbons (Fsp3) is 0.533. The van der Waals surface area contributed by atoms with Gasteiger partial charge < -0.3 is 10.2 Å². The van der Waals surface area contributed by atoms with Crippen LogP contribution in [-0.4, -0.2) is 25.0 Å². The first kappa shape index (κ1) is 13.1. The van der Waals surface area contributed by atoms with E-state index >= 15 is 0 Å². The van der Waals surface area contributed by atoms with Crippen LogP contribution in [0.25, 0.3) is 0 Å². The first-order chi connectivity index (χ1) is 8.74. The molecule has 1 aliphatic heterocycles. The van der Waals surface area contributed by atoms with Gasteiger partial charge in [-0.1, -0.05) is 32.0 Å². The smallest absolute Gasteiger partial charge is 0.226 e. The number of hydrogen-bond acceptors (Lipinski definition) is 2. The third kappa shape index (κ3) is 2.72. The number of carbonyl (C=O) groups is 1. The number of benzene rings is 1. The van der Waals surface area contributed by atoms with Crippen molar-refractivity contribution in [2.75, 3.05) is 18.0 Å². The Morgan fingerprint density at radius 3 is 2.72 bits per heavy atom. The Morgan fingerprint density at radius 2 is 2.11 bits per heavy atom. The Hall–Kier alpha value is -1.35. The molecule has 0 spiro atoms. The van der Waals surface area contributed by atoms with Crippen LogP contribution in [-0.2, 0) is 4.79 Å². The maximum atomic E-state index is 12.3. The van der Waals surface area contributed by atoms with Crippen molar-refractivity contribution >= 4 is 11.6 Å². The first-order valence-electron chi connectivity index (χ1n) is 6.82. The Bertz CT molecular complexity index is 391. The van der Waals surface area contributed by atoms with Gasteiger partial charge in [0.15, 0.2) is 0 Å². The van der Waals surface area contributed by atoms with Crippen LogP contribution in [0.1, 0.15) is 26.7 Å². The highest BCUT2D eigenvalue weighted by atomic mass is 16.2. The summed E-state index contributed by atoms with van der Waals surface area (Å²) in [5.41, 5.74) is 1.03. The monoisotopic (exact) mass is 246 g/mol. The molecule has 2 rings (SSSR count). The number of nitrogens with one attached hydrogen (secondary N) is 1. The Balaban J connectivity index is 2.27. The lowest BCUT2D eigenvalue weighted by molar-refractivity contribution is -0.119. The zero-order valence-corrected chi connectivity index (χ0v) is 11.2. The van der Waals surface area contributed by atoms with Gasteiger partial charge in [-0.15, -0.1) is 0 Å². The molecule has 1 aromatic carbocycles. The summed E-state index contributed by atoms with van der Waals surface area (Å²) in [6.45, 7) is 6.14. The SMILES string of the molecule is CCC(=O)N(c1ccccc1)[C@H]1CCNC[C@H]1C. The van der Waals surface area contributed by atoms with E-state index in [9.17, 15) is 4.79 Å². The maximum absolute atomic E-state index is 12.3. The van der Waals surface area contributed by atoms with Crippen molar-refractivity contribution in [3.63, 3.8) is 0 Å². The molecular weight excluding hydrogens is 224 g/mol. The highest BCUT2D eigenvalue weighted by molar-refractivity contribution is 5.93. The fourth-order valence-electron chi connectivity index (χ4n) is 2.66. The standard InChI is InChI=1S/C15H22N2O/c1-3-15(18)17(13-7-5-4-6-8-13)14-9-10-16-11-12(14)2/h4-8,12,14,16H,3,9-11H2,1-2H3/t12-,14+/m1/s1. The zero-order chi connectivity index (χ0) is 13.0. The molecule has 0 aliphatic carbocycles. The lowest BCUT2D eigenvalue weighted by Gasteiger charge is -2.39. The van der Waals surface area contributed by atoms with Crippen molar-refractivity contribution < 1.29 is 4.79 Å². The summed E-state index contributed by atoms with van der Waals surface area (Å²) in [5, 5.41) is 3.39. The number of hydrogen-bond donors (Lipinski definition) is 1. The number of para-hydroxylation sites is 1. The Morgan fingerprint density at radius 1 is 1.39 bits per heavy atom. The highest BCUT2D eigenvalue weighted by Crippen LogP contribution is 2.25. The minimum absolute atomic E-state index is 0.222. The van der Waals surface area contributed by atoms with Crippen molar-refractivity contribution in [3.8, 4) is 0 Å². The summed E-state index contributed by atoms with van der Waals surface area (Å²) >= 11 is 0. The van der Waals surface area contributed by atoms with E-state index in [1.54, 1.807) is 0 Å². The van der Waals surface area contributed by atoms with Crippen LogP contribution in [0.2, 0.25) is 0 Å². The predicted octanol–water partition coefficient (Wildman–Crippen LogP) is 2.43. The zero-order valence-electron chi connectivity index (χ0n) is 11.2. The molecule has 2 atom stereocenters. The quantitative estimate of drug-likeness (QED) is 0.888. The molecule has 1 N–H and O–H groups in total. The average molecular weight is 246 g/mol. The molecule has 1 saturated heterocycles. The molecule has 3 nitrogen and oxygen atoms in total. The van der Waals surface area contributed by atoms with Crippen LogP contribution in [0.3, 0.4) is 0 Å². The second-order valence-electron chi connectivity index (χ2n) is 4.99. The van der Waals surface area contributed by atoms with Gasteiger partial charge in [0.1, 0.15) is 0 Å². The van der Waals surface area contributed by atoms with Gasteiger partial charge in [0.25, 0.3) is 0 Å². The van der Waals surface area contributed by atoms with Crippen LogP contribution in [0, 0.1) is 5.92 Å². The van der Waals surface area contributed by atoms with E-state index in [2.05, 4.69) is 12.2 Å². The van der Waals surface area contributed by atoms with Crippen LogP contribution in [0.5, 0.6) is 0 Å². The van der Waals surface area contributed by atoms with E-state index in [-0.39, 0.29) is 5.91 Å². The normalized spacial score (nSPS) is 23.7. The lowest BCUT2D eigenvalue weighted by atomic mass is 9.93. The predicted molar refractivity (Wildman–Crippen MR) is 74.7 cm³/mol. The molecule has 1 aliphatic rings. The number of carbonyl (C=O) groups excluding carboxylic acids is 1. The largest absolute Gasteiger partial charge is 0.316 e. The second-order valence-corrected chi connectivity index (χ2v) is 4.99. The third-order valence-corrected chi connectivity index (χ3v) is 3.68. The first-order valence-corrected chi connectivity index (χ1v) is 6.82. The van der Waals surface area contributed by atoms with Gasteiger partial charge in [-0.05, 0) is 37.6 Å². The van der Waals surface area contributed by atoms with Crippen LogP contribution in [0.15, 0.2) is 30.3 Å². The minimum atomic E-state index is 0.222. The highest BCUT2D eigenvalue weighted by Gasteiger charge is 2.30. The second kappa shape index (κ2) is 6.01. The Kier molecular flexibility index (Phi) is 4.37. The van der Waals surface area contributed by atoms with E-state index < -0.39 is 0 Å². The number of rotatable bonds is 3. The van der Waals surface area contributed by atoms with Crippen LogP contribution >= 0.6 is 0 Å². The molecule has 0 aromatic heterocycles. The maximum Gasteiger partial charge on any atom is 0.226 e. The van der Waals surface area contributed by atoms with Crippen molar-refractivity contribution in [3.05, 3.63) is 30.3 Å². The summed E-state index contributed by atoms with van der Waals surface area (Å²) in [5.74, 6) is 0.717. The molecule has 0 bridgehead atoms. The molecule has 1 amide bonds. The summed E-state index contributed by atoms with van der Waals surface area (Å²) < 4.78 is 0.